The molecule has 9 nitrogen and oxygen atoms in total. The summed E-state index contributed by atoms with van der Waals surface area (Å²) in [7, 11) is 1.43. The van der Waals surface area contributed by atoms with Gasteiger partial charge in [-0.05, 0) is 77.0 Å². The van der Waals surface area contributed by atoms with E-state index in [9.17, 15) is 19.0 Å². The zero-order valence-electron chi connectivity index (χ0n) is 41.7. The van der Waals surface area contributed by atoms with Gasteiger partial charge in [0.05, 0.1) is 27.7 Å². The van der Waals surface area contributed by atoms with Crippen molar-refractivity contribution in [3.63, 3.8) is 0 Å². The smallest absolute Gasteiger partial charge is 0.462 e. The van der Waals surface area contributed by atoms with Crippen LogP contribution in [0.2, 0.25) is 0 Å². The summed E-state index contributed by atoms with van der Waals surface area (Å²) in [5.74, 6) is -0.868. The topological polar surface area (TPSA) is 108 Å². The fraction of sp³-hybridized carbons (Fsp3) is 0.741. The van der Waals surface area contributed by atoms with E-state index in [0.29, 0.717) is 23.9 Å². The van der Waals surface area contributed by atoms with Gasteiger partial charge in [0.25, 0.3) is 0 Å². The number of rotatable bonds is 46. The van der Waals surface area contributed by atoms with Crippen molar-refractivity contribution in [2.24, 2.45) is 0 Å². The lowest BCUT2D eigenvalue weighted by Gasteiger charge is -2.24. The van der Waals surface area contributed by atoms with E-state index in [1.165, 1.54) is 116 Å². The number of carbonyl (C=O) groups is 2. The van der Waals surface area contributed by atoms with Crippen LogP contribution < -0.4 is 0 Å². The summed E-state index contributed by atoms with van der Waals surface area (Å²) < 4.78 is 34.4. The van der Waals surface area contributed by atoms with Crippen molar-refractivity contribution in [3.05, 3.63) is 72.9 Å². The summed E-state index contributed by atoms with van der Waals surface area (Å²) in [6.07, 6.45) is 58.3. The van der Waals surface area contributed by atoms with Crippen LogP contribution in [0, 0.1) is 0 Å². The van der Waals surface area contributed by atoms with Crippen molar-refractivity contribution in [2.45, 2.75) is 213 Å². The number of unbranched alkanes of at least 4 members (excludes halogenated alkanes) is 20. The first kappa shape index (κ1) is 61.5. The number of esters is 2. The maximum atomic E-state index is 12.7. The summed E-state index contributed by atoms with van der Waals surface area (Å²) in [6.45, 7) is 4.25. The van der Waals surface area contributed by atoms with Crippen LogP contribution in [0.3, 0.4) is 0 Å². The highest BCUT2D eigenvalue weighted by Gasteiger charge is 2.27. The largest absolute Gasteiger partial charge is 0.472 e. The number of quaternary nitrogens is 1. The molecule has 0 aliphatic heterocycles. The second-order valence-electron chi connectivity index (χ2n) is 18.2. The average Bonchev–Trinajstić information content (AvgIpc) is 3.25. The van der Waals surface area contributed by atoms with E-state index in [1.807, 2.05) is 27.2 Å². The van der Waals surface area contributed by atoms with Gasteiger partial charge >= 0.3 is 19.8 Å². The maximum Gasteiger partial charge on any atom is 0.472 e. The Balaban J connectivity index is 4.30. The molecule has 0 aromatic heterocycles. The van der Waals surface area contributed by atoms with Gasteiger partial charge in [0, 0.05) is 12.8 Å². The van der Waals surface area contributed by atoms with Crippen LogP contribution in [0.5, 0.6) is 0 Å². The zero-order valence-corrected chi connectivity index (χ0v) is 42.6. The molecule has 0 aliphatic carbocycles. The molecule has 0 heterocycles. The molecule has 0 fully saturated rings. The summed E-state index contributed by atoms with van der Waals surface area (Å²) in [6, 6.07) is 0. The molecule has 2 atom stereocenters. The Morgan fingerprint density at radius 2 is 0.906 bits per heavy atom. The molecule has 0 aromatic carbocycles. The Kier molecular flexibility index (Phi) is 43.8. The SMILES string of the molecule is CC/C=C\C/C=C\C/C=C\C/C=C\C/C=C\CCCC(=O)OC(COC(=O)CCCCCCCCCCCCC/C=C\CCCCCCCCCC)COP(=O)(O)OCC[N+](C)(C)C. The van der Waals surface area contributed by atoms with Crippen molar-refractivity contribution in [2.75, 3.05) is 47.5 Å². The molecule has 0 amide bonds. The number of likely N-dealkylation sites (N-methyl/N-ethyl adjacent to an activating group) is 1. The number of phosphoric acid groups is 1. The van der Waals surface area contributed by atoms with Crippen molar-refractivity contribution in [1.29, 1.82) is 0 Å². The van der Waals surface area contributed by atoms with Gasteiger partial charge in [0.1, 0.15) is 19.8 Å². The average molecular weight is 919 g/mol. The first-order chi connectivity index (χ1) is 31.0. The van der Waals surface area contributed by atoms with Crippen LogP contribution in [0.25, 0.3) is 0 Å². The van der Waals surface area contributed by atoms with E-state index in [-0.39, 0.29) is 32.0 Å². The summed E-state index contributed by atoms with van der Waals surface area (Å²) >= 11 is 0. The Labute approximate surface area is 393 Å². The lowest BCUT2D eigenvalue weighted by molar-refractivity contribution is -0.870. The van der Waals surface area contributed by atoms with Crippen molar-refractivity contribution in [1.82, 2.24) is 0 Å². The van der Waals surface area contributed by atoms with E-state index >= 15 is 0 Å². The Morgan fingerprint density at radius 3 is 1.39 bits per heavy atom. The summed E-state index contributed by atoms with van der Waals surface area (Å²) in [5.41, 5.74) is 0. The molecule has 2 unspecified atom stereocenters. The van der Waals surface area contributed by atoms with Crippen LogP contribution in [0.1, 0.15) is 206 Å². The van der Waals surface area contributed by atoms with Gasteiger partial charge in [0.15, 0.2) is 6.10 Å². The zero-order chi connectivity index (χ0) is 47.1. The fourth-order valence-corrected chi connectivity index (χ4v) is 7.49. The molecule has 0 saturated heterocycles. The Bertz CT molecular complexity index is 1310. The number of phosphoric ester groups is 1. The third kappa shape index (κ3) is 48.9. The van der Waals surface area contributed by atoms with Gasteiger partial charge in [-0.1, -0.05) is 189 Å². The van der Waals surface area contributed by atoms with Crippen LogP contribution >= 0.6 is 7.82 Å². The molecule has 0 spiro atoms. The van der Waals surface area contributed by atoms with Gasteiger partial charge in [-0.2, -0.15) is 0 Å². The minimum atomic E-state index is -4.40. The predicted molar refractivity (Wildman–Crippen MR) is 270 cm³/mol. The summed E-state index contributed by atoms with van der Waals surface area (Å²) in [5, 5.41) is 0. The van der Waals surface area contributed by atoms with E-state index in [2.05, 4.69) is 80.7 Å². The molecule has 0 aromatic rings. The molecule has 370 valence electrons. The van der Waals surface area contributed by atoms with Crippen molar-refractivity contribution >= 4 is 19.8 Å². The van der Waals surface area contributed by atoms with E-state index in [4.69, 9.17) is 18.5 Å². The number of nitrogens with zero attached hydrogens (tertiary/aromatic N) is 1. The third-order valence-electron chi connectivity index (χ3n) is 10.7. The molecular weight excluding hydrogens is 822 g/mol. The molecule has 0 rings (SSSR count). The van der Waals surface area contributed by atoms with Crippen molar-refractivity contribution in [3.8, 4) is 0 Å². The summed E-state index contributed by atoms with van der Waals surface area (Å²) in [4.78, 5) is 35.5. The molecule has 64 heavy (non-hydrogen) atoms. The van der Waals surface area contributed by atoms with E-state index in [0.717, 1.165) is 51.4 Å². The molecule has 0 radical (unpaired) electrons. The van der Waals surface area contributed by atoms with Gasteiger partial charge in [-0.15, -0.1) is 0 Å². The van der Waals surface area contributed by atoms with Gasteiger partial charge < -0.3 is 18.9 Å². The van der Waals surface area contributed by atoms with Crippen LogP contribution in [0.4, 0.5) is 0 Å². The second-order valence-corrected chi connectivity index (χ2v) is 19.6. The number of ether oxygens (including phenoxy) is 2. The van der Waals surface area contributed by atoms with E-state index < -0.39 is 26.5 Å². The van der Waals surface area contributed by atoms with Gasteiger partial charge in [0.2, 0.25) is 0 Å². The highest BCUT2D eigenvalue weighted by Crippen LogP contribution is 2.43. The highest BCUT2D eigenvalue weighted by molar-refractivity contribution is 7.47. The second kappa shape index (κ2) is 45.6. The molecule has 1 N–H and O–H groups in total. The molecule has 0 bridgehead atoms. The highest BCUT2D eigenvalue weighted by atomic mass is 31.2. The van der Waals surface area contributed by atoms with Crippen LogP contribution in [-0.2, 0) is 32.7 Å². The van der Waals surface area contributed by atoms with Crippen LogP contribution in [0.15, 0.2) is 72.9 Å². The number of hydrogen-bond acceptors (Lipinski definition) is 7. The molecular formula is C54H97NO8P+. The normalized spacial score (nSPS) is 14.0. The maximum absolute atomic E-state index is 12.7. The predicted octanol–water partition coefficient (Wildman–Crippen LogP) is 15.4. The Hall–Kier alpha value is -2.55. The quantitative estimate of drug-likeness (QED) is 0.0211. The minimum absolute atomic E-state index is 0.0181. The van der Waals surface area contributed by atoms with E-state index in [1.54, 1.807) is 0 Å². The van der Waals surface area contributed by atoms with Gasteiger partial charge in [-0.25, -0.2) is 4.57 Å². The molecule has 0 aliphatic rings. The molecule has 10 heteroatoms. The number of hydrogen-bond donors (Lipinski definition) is 1. The minimum Gasteiger partial charge on any atom is -0.462 e. The number of carbonyl (C=O) groups excluding carboxylic acids is 2. The first-order valence-corrected chi connectivity index (χ1v) is 27.2. The van der Waals surface area contributed by atoms with Crippen LogP contribution in [-0.4, -0.2) is 74.9 Å². The Morgan fingerprint density at radius 1 is 0.500 bits per heavy atom. The lowest BCUT2D eigenvalue weighted by atomic mass is 10.0. The third-order valence-corrected chi connectivity index (χ3v) is 11.7. The fourth-order valence-electron chi connectivity index (χ4n) is 6.75. The van der Waals surface area contributed by atoms with Gasteiger partial charge in [-0.3, -0.25) is 18.6 Å². The monoisotopic (exact) mass is 919 g/mol. The first-order valence-electron chi connectivity index (χ1n) is 25.7. The molecule has 0 saturated carbocycles. The standard InChI is InChI=1S/C54H96NO8P/c1-6-8-10-12-14-16-18-20-22-24-25-26-27-28-29-31-32-34-36-38-40-42-44-46-53(56)60-50-52(51-62-64(58,59)61-49-48-55(3,4)5)63-54(57)47-45-43-41-39-37-35-33-30-23-21-19-17-15-13-11-9-7-2/h9,11,15,17,21,23-25,33,35,39,41,52H,6-8,10,12-14,16,18-20,22,26-32,34,36-38,40,42-51H2,1-5H3/p+1/b11-9-,17-15-,23-21-,25-24-,35-33-,41-39-. The number of allylic oxidation sites excluding steroid dienone is 12. The van der Waals surface area contributed by atoms with Crippen molar-refractivity contribution < 1.29 is 42.1 Å². The lowest BCUT2D eigenvalue weighted by Crippen LogP contribution is -2.37.